The quantitative estimate of drug-likeness (QED) is 0.285. The maximum Gasteiger partial charge on any atom is 0.264 e. The van der Waals surface area contributed by atoms with Crippen LogP contribution in [-0.4, -0.2) is 93.4 Å². The van der Waals surface area contributed by atoms with Crippen molar-refractivity contribution >= 4 is 11.3 Å². The number of quaternary nitrogens is 1. The number of nitrogens with one attached hydrogen (secondary N) is 3. The Hall–Kier alpha value is -2.28. The Morgan fingerprint density at radius 1 is 1.23 bits per heavy atom. The minimum atomic E-state index is -2.61. The molecular weight excluding hydrogens is 514 g/mol. The van der Waals surface area contributed by atoms with Gasteiger partial charge in [-0.2, -0.15) is 0 Å². The number of aryl methyl sites for hydroxylation is 1. The Kier molecular flexibility index (Phi) is 8.43. The van der Waals surface area contributed by atoms with Crippen LogP contribution in [-0.2, 0) is 6.42 Å². The second-order valence-corrected chi connectivity index (χ2v) is 12.1. The van der Waals surface area contributed by atoms with Gasteiger partial charge in [-0.05, 0) is 81.6 Å². The van der Waals surface area contributed by atoms with Crippen molar-refractivity contribution in [2.24, 2.45) is 5.73 Å². The summed E-state index contributed by atoms with van der Waals surface area (Å²) in [6.45, 7) is 6.14. The van der Waals surface area contributed by atoms with Gasteiger partial charge in [0, 0.05) is 68.4 Å². The number of nitrogens with zero attached hydrogens (tertiary/aromatic N) is 4. The van der Waals surface area contributed by atoms with Crippen molar-refractivity contribution in [3.05, 3.63) is 51.5 Å². The largest absolute Gasteiger partial charge is 0.632 e. The van der Waals surface area contributed by atoms with Gasteiger partial charge in [0.25, 0.3) is 6.43 Å². The molecule has 222 valence electrons. The number of hydrazine groups is 1. The maximum atomic E-state index is 14.6. The average Bonchev–Trinajstić information content (AvgIpc) is 3.27. The van der Waals surface area contributed by atoms with Crippen molar-refractivity contribution in [2.45, 2.75) is 57.2 Å². The molecule has 1 saturated heterocycles. The van der Waals surface area contributed by atoms with E-state index in [2.05, 4.69) is 20.9 Å². The molecule has 0 saturated carbocycles. The summed E-state index contributed by atoms with van der Waals surface area (Å²) in [5, 5.41) is 27.9. The van der Waals surface area contributed by atoms with Crippen molar-refractivity contribution < 1.29 is 13.4 Å². The van der Waals surface area contributed by atoms with Gasteiger partial charge in [-0.3, -0.25) is 5.32 Å². The first-order chi connectivity index (χ1) is 19.0. The summed E-state index contributed by atoms with van der Waals surface area (Å²) < 4.78 is 28.7. The van der Waals surface area contributed by atoms with Crippen LogP contribution in [0.15, 0.2) is 29.6 Å². The molecule has 5 N–H and O–H groups in total. The summed E-state index contributed by atoms with van der Waals surface area (Å²) in [6.07, 6.45) is 3.63. The van der Waals surface area contributed by atoms with Crippen LogP contribution in [0.1, 0.15) is 55.7 Å². The normalized spacial score (nSPS) is 26.3. The van der Waals surface area contributed by atoms with E-state index in [9.17, 15) is 14.0 Å². The summed E-state index contributed by atoms with van der Waals surface area (Å²) in [7, 11) is 5.66. The molecule has 0 spiro atoms. The molecule has 0 aromatic heterocycles. The lowest BCUT2D eigenvalue weighted by Gasteiger charge is -2.52. The third kappa shape index (κ3) is 5.73. The van der Waals surface area contributed by atoms with Crippen LogP contribution < -0.4 is 26.6 Å². The monoisotopic (exact) mass is 560 g/mol. The van der Waals surface area contributed by atoms with E-state index in [-0.39, 0.29) is 12.1 Å². The van der Waals surface area contributed by atoms with E-state index in [0.717, 1.165) is 66.9 Å². The summed E-state index contributed by atoms with van der Waals surface area (Å²) in [5.41, 5.74) is 11.5. The highest BCUT2D eigenvalue weighted by Crippen LogP contribution is 2.42. The zero-order valence-corrected chi connectivity index (χ0v) is 24.4. The molecule has 40 heavy (non-hydrogen) atoms. The van der Waals surface area contributed by atoms with Crippen molar-refractivity contribution in [3.63, 3.8) is 0 Å². The highest BCUT2D eigenvalue weighted by Gasteiger charge is 2.42. The molecule has 5 rings (SSSR count). The third-order valence-corrected chi connectivity index (χ3v) is 9.15. The SMILES string of the molecule is CNC[N+]1([O-])CCC(NC2CCNCC2)=C(C(C)(N)N2CCCc3cc(C4=CN(C)N(C)C4)c(C(F)F)cc32)C1. The van der Waals surface area contributed by atoms with E-state index >= 15 is 0 Å². The molecule has 2 atom stereocenters. The standard InChI is InChI=1S/C29H46F2N8O/c1-29(32,25-18-39(40,19-33-2)13-9-26(25)35-22-7-10-34-11-8-22)38-12-5-6-20-14-23(21-16-36(3)37(4)17-21)24(28(30)31)15-27(20)38/h14-16,22,28,33-35H,5-13,17-19,32H2,1-4H3. The smallest absolute Gasteiger partial charge is 0.264 e. The predicted octanol–water partition coefficient (Wildman–Crippen LogP) is 2.68. The fourth-order valence-corrected chi connectivity index (χ4v) is 6.82. The van der Waals surface area contributed by atoms with Crippen LogP contribution in [0.3, 0.4) is 0 Å². The molecule has 0 amide bonds. The minimum absolute atomic E-state index is 0.0335. The Balaban J connectivity index is 1.55. The molecule has 1 aromatic rings. The molecule has 4 heterocycles. The van der Waals surface area contributed by atoms with E-state index in [1.165, 1.54) is 0 Å². The zero-order valence-electron chi connectivity index (χ0n) is 24.4. The van der Waals surface area contributed by atoms with Crippen LogP contribution in [0, 0.1) is 5.21 Å². The number of halogens is 2. The number of benzene rings is 1. The van der Waals surface area contributed by atoms with Crippen LogP contribution in [0.25, 0.3) is 5.57 Å². The number of likely N-dealkylation sites (N-methyl/N-ethyl adjacent to an activating group) is 1. The molecule has 0 radical (unpaired) electrons. The molecule has 9 nitrogen and oxygen atoms in total. The molecule has 11 heteroatoms. The topological polar surface area (TPSA) is 94.9 Å². The number of alkyl halides is 2. The van der Waals surface area contributed by atoms with Crippen LogP contribution in [0.4, 0.5) is 14.5 Å². The van der Waals surface area contributed by atoms with Crippen LogP contribution in [0.2, 0.25) is 0 Å². The Bertz CT molecular complexity index is 1150. The highest BCUT2D eigenvalue weighted by molar-refractivity contribution is 5.75. The third-order valence-electron chi connectivity index (χ3n) is 9.15. The number of rotatable bonds is 8. The summed E-state index contributed by atoms with van der Waals surface area (Å²) in [4.78, 5) is 2.08. The average molecular weight is 561 g/mol. The van der Waals surface area contributed by atoms with E-state index in [1.807, 2.05) is 43.3 Å². The zero-order chi connectivity index (χ0) is 28.7. The molecule has 0 bridgehead atoms. The van der Waals surface area contributed by atoms with Gasteiger partial charge in [0.05, 0.1) is 6.54 Å². The van der Waals surface area contributed by atoms with Gasteiger partial charge in [-0.1, -0.05) is 0 Å². The second kappa shape index (κ2) is 11.5. The maximum absolute atomic E-state index is 14.6. The summed E-state index contributed by atoms with van der Waals surface area (Å²) >= 11 is 0. The molecule has 4 aliphatic heterocycles. The van der Waals surface area contributed by atoms with Crippen molar-refractivity contribution in [1.29, 1.82) is 0 Å². The molecular formula is C29H46F2N8O. The summed E-state index contributed by atoms with van der Waals surface area (Å²) in [5.74, 6) is 0. The van der Waals surface area contributed by atoms with Crippen molar-refractivity contribution in [1.82, 2.24) is 26.0 Å². The Morgan fingerprint density at radius 3 is 2.62 bits per heavy atom. The lowest BCUT2D eigenvalue weighted by Crippen LogP contribution is -2.63. The number of hydroxylamine groups is 3. The van der Waals surface area contributed by atoms with Gasteiger partial charge >= 0.3 is 0 Å². The van der Waals surface area contributed by atoms with Gasteiger partial charge in [0.1, 0.15) is 18.9 Å². The first kappa shape index (κ1) is 29.2. The van der Waals surface area contributed by atoms with Crippen LogP contribution >= 0.6 is 0 Å². The molecule has 4 aliphatic rings. The lowest BCUT2D eigenvalue weighted by atomic mass is 9.87. The fourth-order valence-electron chi connectivity index (χ4n) is 6.82. The Labute approximate surface area is 237 Å². The lowest BCUT2D eigenvalue weighted by molar-refractivity contribution is -0.880. The first-order valence-corrected chi connectivity index (χ1v) is 14.6. The highest BCUT2D eigenvalue weighted by atomic mass is 19.3. The summed E-state index contributed by atoms with van der Waals surface area (Å²) in [6, 6.07) is 3.95. The minimum Gasteiger partial charge on any atom is -0.632 e. The number of anilines is 1. The van der Waals surface area contributed by atoms with Crippen molar-refractivity contribution in [2.75, 3.05) is 72.0 Å². The van der Waals surface area contributed by atoms with E-state index in [4.69, 9.17) is 5.73 Å². The van der Waals surface area contributed by atoms with E-state index < -0.39 is 16.7 Å². The Morgan fingerprint density at radius 2 is 1.98 bits per heavy atom. The van der Waals surface area contributed by atoms with Gasteiger partial charge < -0.3 is 36.1 Å². The number of fused-ring (bicyclic) bond motifs is 1. The van der Waals surface area contributed by atoms with Crippen molar-refractivity contribution in [3.8, 4) is 0 Å². The van der Waals surface area contributed by atoms with Gasteiger partial charge in [-0.25, -0.2) is 13.8 Å². The predicted molar refractivity (Wildman–Crippen MR) is 156 cm³/mol. The van der Waals surface area contributed by atoms with E-state index in [0.29, 0.717) is 44.3 Å². The number of hydrogen-bond donors (Lipinski definition) is 4. The number of hydrogen-bond acceptors (Lipinski definition) is 8. The number of nitrogens with two attached hydrogens (primary N) is 1. The van der Waals surface area contributed by atoms with Gasteiger partial charge in [0.15, 0.2) is 0 Å². The molecule has 1 fully saturated rings. The first-order valence-electron chi connectivity index (χ1n) is 14.6. The number of piperidine rings is 1. The van der Waals surface area contributed by atoms with Gasteiger partial charge in [-0.15, -0.1) is 0 Å². The fraction of sp³-hybridized carbons (Fsp3) is 0.655. The van der Waals surface area contributed by atoms with Crippen LogP contribution in [0.5, 0.6) is 0 Å². The second-order valence-electron chi connectivity index (χ2n) is 12.1. The molecule has 2 unspecified atom stereocenters. The molecule has 1 aromatic carbocycles. The van der Waals surface area contributed by atoms with Gasteiger partial charge in [0.2, 0.25) is 0 Å². The van der Waals surface area contributed by atoms with E-state index in [1.54, 1.807) is 13.1 Å². The molecule has 0 aliphatic carbocycles.